The third-order valence-corrected chi connectivity index (χ3v) is 5.43. The first kappa shape index (κ1) is 16.9. The SMILES string of the molecule is Cc1nc(-c2ncccn2)sc1C(=O)N1C[C@@H](C)Oc2c(Cl)cccc21. The Balaban J connectivity index is 1.73. The molecule has 8 heteroatoms. The van der Waals surface area contributed by atoms with Gasteiger partial charge in [0.25, 0.3) is 5.91 Å². The molecular weight excluding hydrogens is 372 g/mol. The summed E-state index contributed by atoms with van der Waals surface area (Å²) in [5.41, 5.74) is 1.33. The quantitative estimate of drug-likeness (QED) is 0.666. The van der Waals surface area contributed by atoms with Crippen molar-refractivity contribution in [1.82, 2.24) is 15.0 Å². The summed E-state index contributed by atoms with van der Waals surface area (Å²) in [6, 6.07) is 7.14. The fourth-order valence-electron chi connectivity index (χ4n) is 2.84. The average molecular weight is 387 g/mol. The second-order valence-electron chi connectivity index (χ2n) is 5.94. The molecule has 1 aliphatic rings. The van der Waals surface area contributed by atoms with Crippen LogP contribution in [0.2, 0.25) is 5.02 Å². The lowest BCUT2D eigenvalue weighted by atomic mass is 10.2. The van der Waals surface area contributed by atoms with Gasteiger partial charge >= 0.3 is 0 Å². The molecule has 1 atom stereocenters. The average Bonchev–Trinajstić information content (AvgIpc) is 3.04. The molecule has 0 N–H and O–H groups in total. The highest BCUT2D eigenvalue weighted by Gasteiger charge is 2.32. The Hall–Kier alpha value is -2.51. The molecule has 0 radical (unpaired) electrons. The van der Waals surface area contributed by atoms with E-state index in [1.807, 2.05) is 26.0 Å². The maximum Gasteiger partial charge on any atom is 0.270 e. The number of fused-ring (bicyclic) bond motifs is 1. The summed E-state index contributed by atoms with van der Waals surface area (Å²) in [5, 5.41) is 1.12. The van der Waals surface area contributed by atoms with E-state index in [1.54, 1.807) is 29.4 Å². The van der Waals surface area contributed by atoms with E-state index in [-0.39, 0.29) is 12.0 Å². The van der Waals surface area contributed by atoms with E-state index in [0.717, 1.165) is 0 Å². The molecule has 132 valence electrons. The highest BCUT2D eigenvalue weighted by atomic mass is 35.5. The van der Waals surface area contributed by atoms with Gasteiger partial charge in [-0.2, -0.15) is 0 Å². The summed E-state index contributed by atoms with van der Waals surface area (Å²) < 4.78 is 5.83. The van der Waals surface area contributed by atoms with Crippen molar-refractivity contribution in [3.05, 3.63) is 52.3 Å². The predicted molar refractivity (Wildman–Crippen MR) is 101 cm³/mol. The van der Waals surface area contributed by atoms with Gasteiger partial charge in [0.15, 0.2) is 16.6 Å². The van der Waals surface area contributed by atoms with E-state index < -0.39 is 0 Å². The minimum absolute atomic E-state index is 0.124. The minimum Gasteiger partial charge on any atom is -0.485 e. The zero-order valence-corrected chi connectivity index (χ0v) is 15.7. The fourth-order valence-corrected chi connectivity index (χ4v) is 4.01. The lowest BCUT2D eigenvalue weighted by Gasteiger charge is -2.33. The van der Waals surface area contributed by atoms with Crippen molar-refractivity contribution < 1.29 is 9.53 Å². The van der Waals surface area contributed by atoms with Crippen LogP contribution >= 0.6 is 22.9 Å². The van der Waals surface area contributed by atoms with Crippen LogP contribution < -0.4 is 9.64 Å². The second kappa shape index (κ2) is 6.66. The molecule has 0 unspecified atom stereocenters. The Morgan fingerprint density at radius 3 is 2.85 bits per heavy atom. The topological polar surface area (TPSA) is 68.2 Å². The van der Waals surface area contributed by atoms with E-state index in [9.17, 15) is 4.79 Å². The molecule has 6 nitrogen and oxygen atoms in total. The number of hydrogen-bond donors (Lipinski definition) is 0. The van der Waals surface area contributed by atoms with Crippen LogP contribution in [0.5, 0.6) is 5.75 Å². The number of carbonyl (C=O) groups is 1. The number of hydrogen-bond acceptors (Lipinski definition) is 6. The highest BCUT2D eigenvalue weighted by molar-refractivity contribution is 7.17. The second-order valence-corrected chi connectivity index (χ2v) is 7.34. The number of halogens is 1. The number of thiazole rings is 1. The molecule has 4 rings (SSSR count). The Kier molecular flexibility index (Phi) is 4.34. The standard InChI is InChI=1S/C18H15ClN4O2S/c1-10-9-23(13-6-3-5-12(19)14(13)25-10)18(24)15-11(2)22-17(26-15)16-20-7-4-8-21-16/h3-8,10H,9H2,1-2H3/t10-/m1/s1. The number of nitrogens with zero attached hydrogens (tertiary/aromatic N) is 4. The van der Waals surface area contributed by atoms with E-state index in [2.05, 4.69) is 15.0 Å². The Bertz CT molecular complexity index is 977. The lowest BCUT2D eigenvalue weighted by molar-refractivity contribution is 0.0964. The lowest BCUT2D eigenvalue weighted by Crippen LogP contribution is -2.42. The number of anilines is 1. The largest absolute Gasteiger partial charge is 0.485 e. The first-order valence-corrected chi connectivity index (χ1v) is 9.26. The van der Waals surface area contributed by atoms with Crippen molar-refractivity contribution in [2.24, 2.45) is 0 Å². The molecule has 0 saturated carbocycles. The summed E-state index contributed by atoms with van der Waals surface area (Å²) >= 11 is 7.54. The fraction of sp³-hybridized carbons (Fsp3) is 0.222. The first-order valence-electron chi connectivity index (χ1n) is 8.06. The zero-order valence-electron chi connectivity index (χ0n) is 14.1. The zero-order chi connectivity index (χ0) is 18.3. The monoisotopic (exact) mass is 386 g/mol. The summed E-state index contributed by atoms with van der Waals surface area (Å²) in [6.45, 7) is 4.18. The molecule has 0 spiro atoms. The maximum absolute atomic E-state index is 13.2. The molecule has 3 aromatic rings. The first-order chi connectivity index (χ1) is 12.5. The number of carbonyl (C=O) groups excluding carboxylic acids is 1. The van der Waals surface area contributed by atoms with Gasteiger partial charge in [-0.05, 0) is 32.0 Å². The smallest absolute Gasteiger partial charge is 0.270 e. The van der Waals surface area contributed by atoms with Gasteiger partial charge in [-0.3, -0.25) is 4.79 Å². The summed E-state index contributed by atoms with van der Waals surface area (Å²) in [7, 11) is 0. The van der Waals surface area contributed by atoms with Gasteiger partial charge in [0.1, 0.15) is 11.0 Å². The number of ether oxygens (including phenoxy) is 1. The highest BCUT2D eigenvalue weighted by Crippen LogP contribution is 2.40. The number of aryl methyl sites for hydroxylation is 1. The maximum atomic E-state index is 13.2. The van der Waals surface area contributed by atoms with Crippen LogP contribution in [0.25, 0.3) is 10.8 Å². The molecule has 1 amide bonds. The van der Waals surface area contributed by atoms with Crippen LogP contribution in [0.1, 0.15) is 22.3 Å². The number of benzene rings is 1. The summed E-state index contributed by atoms with van der Waals surface area (Å²) in [6.07, 6.45) is 3.15. The molecule has 3 heterocycles. The Labute approximate surface area is 159 Å². The molecule has 1 aliphatic heterocycles. The molecule has 0 bridgehead atoms. The van der Waals surface area contributed by atoms with E-state index in [4.69, 9.17) is 16.3 Å². The van der Waals surface area contributed by atoms with Crippen molar-refractivity contribution in [2.75, 3.05) is 11.4 Å². The normalized spacial score (nSPS) is 16.1. The van der Waals surface area contributed by atoms with E-state index in [1.165, 1.54) is 11.3 Å². The van der Waals surface area contributed by atoms with E-state index in [0.29, 0.717) is 44.4 Å². The van der Waals surface area contributed by atoms with Gasteiger partial charge in [0.05, 0.1) is 22.9 Å². The van der Waals surface area contributed by atoms with Crippen molar-refractivity contribution in [3.63, 3.8) is 0 Å². The Morgan fingerprint density at radius 2 is 2.08 bits per heavy atom. The molecular formula is C18H15ClN4O2S. The Morgan fingerprint density at radius 1 is 1.31 bits per heavy atom. The van der Waals surface area contributed by atoms with Crippen molar-refractivity contribution >= 4 is 34.5 Å². The molecule has 26 heavy (non-hydrogen) atoms. The van der Waals surface area contributed by atoms with Crippen LogP contribution in [0, 0.1) is 6.92 Å². The number of aromatic nitrogens is 3. The van der Waals surface area contributed by atoms with Gasteiger partial charge in [0, 0.05) is 12.4 Å². The number of amides is 1. The van der Waals surface area contributed by atoms with Crippen molar-refractivity contribution in [1.29, 1.82) is 0 Å². The summed E-state index contributed by atoms with van der Waals surface area (Å²) in [4.78, 5) is 28.4. The number of rotatable bonds is 2. The van der Waals surface area contributed by atoms with Crippen LogP contribution in [-0.2, 0) is 0 Å². The van der Waals surface area contributed by atoms with Crippen LogP contribution in [0.15, 0.2) is 36.7 Å². The van der Waals surface area contributed by atoms with Gasteiger partial charge < -0.3 is 9.64 Å². The molecule has 0 aliphatic carbocycles. The van der Waals surface area contributed by atoms with Gasteiger partial charge in [-0.1, -0.05) is 17.7 Å². The minimum atomic E-state index is -0.156. The van der Waals surface area contributed by atoms with Crippen molar-refractivity contribution in [2.45, 2.75) is 20.0 Å². The van der Waals surface area contributed by atoms with Crippen LogP contribution in [-0.4, -0.2) is 33.5 Å². The molecule has 1 aromatic carbocycles. The predicted octanol–water partition coefficient (Wildman–Crippen LogP) is 3.99. The van der Waals surface area contributed by atoms with Crippen LogP contribution in [0.4, 0.5) is 5.69 Å². The van der Waals surface area contributed by atoms with Crippen LogP contribution in [0.3, 0.4) is 0 Å². The molecule has 0 saturated heterocycles. The van der Waals surface area contributed by atoms with Gasteiger partial charge in [0.2, 0.25) is 0 Å². The third-order valence-electron chi connectivity index (χ3n) is 3.99. The van der Waals surface area contributed by atoms with Crippen molar-refractivity contribution in [3.8, 4) is 16.6 Å². The van der Waals surface area contributed by atoms with Gasteiger partial charge in [-0.25, -0.2) is 15.0 Å². The summed E-state index contributed by atoms with van der Waals surface area (Å²) in [5.74, 6) is 0.925. The third kappa shape index (κ3) is 2.93. The number of para-hydroxylation sites is 1. The van der Waals surface area contributed by atoms with Gasteiger partial charge in [-0.15, -0.1) is 11.3 Å². The molecule has 0 fully saturated rings. The van der Waals surface area contributed by atoms with E-state index >= 15 is 0 Å². The molecule has 2 aromatic heterocycles.